The minimum atomic E-state index is -1.75. The van der Waals surface area contributed by atoms with E-state index in [1.54, 1.807) is 6.92 Å². The van der Waals surface area contributed by atoms with Crippen LogP contribution in [0.25, 0.3) is 11.1 Å². The number of halogens is 3. The van der Waals surface area contributed by atoms with Gasteiger partial charge in [-0.1, -0.05) is 12.1 Å². The van der Waals surface area contributed by atoms with Crippen LogP contribution in [0.1, 0.15) is 36.1 Å². The Bertz CT molecular complexity index is 813. The molecule has 1 aromatic carbocycles. The van der Waals surface area contributed by atoms with E-state index in [4.69, 9.17) is 14.5 Å². The van der Waals surface area contributed by atoms with Crippen molar-refractivity contribution in [2.45, 2.75) is 41.2 Å². The van der Waals surface area contributed by atoms with Gasteiger partial charge in [0.05, 0.1) is 12.2 Å². The lowest BCUT2D eigenvalue weighted by molar-refractivity contribution is -0.301. The van der Waals surface area contributed by atoms with Gasteiger partial charge in [-0.05, 0) is 49.9 Å². The summed E-state index contributed by atoms with van der Waals surface area (Å²) in [7, 11) is 0. The SMILES string of the molecule is CCOOCc1c(F)ncc(-c2cc(C)c(C)cc2C)c1OC(C)=O.FCF. The molecule has 2 rings (SSSR count). The van der Waals surface area contributed by atoms with Crippen LogP contribution in [0.4, 0.5) is 13.2 Å². The number of ether oxygens (including phenoxy) is 1. The number of carbonyl (C=O) groups excluding carboxylic acids is 1. The van der Waals surface area contributed by atoms with E-state index in [2.05, 4.69) is 4.98 Å². The average Bonchev–Trinajstić information content (AvgIpc) is 2.61. The smallest absolute Gasteiger partial charge is 0.308 e. The molecule has 28 heavy (non-hydrogen) atoms. The maximum absolute atomic E-state index is 14.2. The van der Waals surface area contributed by atoms with E-state index < -0.39 is 18.8 Å². The molecule has 8 heteroatoms. The summed E-state index contributed by atoms with van der Waals surface area (Å²) in [5.74, 6) is -1.21. The number of aryl methyl sites for hydroxylation is 3. The van der Waals surface area contributed by atoms with Crippen molar-refractivity contribution in [3.05, 3.63) is 46.5 Å². The molecule has 0 radical (unpaired) electrons. The lowest BCUT2D eigenvalue weighted by atomic mass is 9.95. The summed E-state index contributed by atoms with van der Waals surface area (Å²) < 4.78 is 38.8. The zero-order chi connectivity index (χ0) is 21.3. The molecule has 0 saturated heterocycles. The van der Waals surface area contributed by atoms with Gasteiger partial charge in [0.2, 0.25) is 12.9 Å². The predicted octanol–water partition coefficient (Wildman–Crippen LogP) is 5.09. The fourth-order valence-corrected chi connectivity index (χ4v) is 2.53. The molecular weight excluding hydrogens is 375 g/mol. The maximum Gasteiger partial charge on any atom is 0.308 e. The number of aromatic nitrogens is 1. The number of benzene rings is 1. The van der Waals surface area contributed by atoms with Gasteiger partial charge in [-0.2, -0.15) is 4.39 Å². The summed E-state index contributed by atoms with van der Waals surface area (Å²) in [6, 6.07) is 4.00. The highest BCUT2D eigenvalue weighted by Gasteiger charge is 2.21. The summed E-state index contributed by atoms with van der Waals surface area (Å²) in [6.45, 7) is 7.31. The van der Waals surface area contributed by atoms with Crippen LogP contribution in [0.2, 0.25) is 0 Å². The van der Waals surface area contributed by atoms with Crippen molar-refractivity contribution >= 4 is 5.97 Å². The lowest BCUT2D eigenvalue weighted by Gasteiger charge is -2.16. The molecule has 1 heterocycles. The Labute approximate surface area is 162 Å². The van der Waals surface area contributed by atoms with E-state index in [0.29, 0.717) is 12.2 Å². The van der Waals surface area contributed by atoms with Gasteiger partial charge in [0.15, 0.2) is 0 Å². The third-order valence-corrected chi connectivity index (χ3v) is 3.86. The third kappa shape index (κ3) is 6.31. The summed E-state index contributed by atoms with van der Waals surface area (Å²) in [6.07, 6.45) is 1.37. The first-order valence-electron chi connectivity index (χ1n) is 8.57. The van der Waals surface area contributed by atoms with Crippen LogP contribution in [0.5, 0.6) is 5.75 Å². The van der Waals surface area contributed by atoms with Gasteiger partial charge in [0.25, 0.3) is 0 Å². The first kappa shape index (κ1) is 23.6. The molecule has 0 unspecified atom stereocenters. The highest BCUT2D eigenvalue weighted by atomic mass is 19.3. The highest BCUT2D eigenvalue weighted by Crippen LogP contribution is 2.37. The number of esters is 1. The third-order valence-electron chi connectivity index (χ3n) is 3.86. The molecule has 0 amide bonds. The van der Waals surface area contributed by atoms with Crippen molar-refractivity contribution in [3.8, 4) is 16.9 Å². The molecule has 0 N–H and O–H groups in total. The highest BCUT2D eigenvalue weighted by molar-refractivity contribution is 5.79. The topological polar surface area (TPSA) is 57.6 Å². The molecule has 5 nitrogen and oxygen atoms in total. The minimum absolute atomic E-state index is 0.0405. The lowest BCUT2D eigenvalue weighted by Crippen LogP contribution is -2.10. The van der Waals surface area contributed by atoms with Gasteiger partial charge in [-0.15, -0.1) is 0 Å². The van der Waals surface area contributed by atoms with Gasteiger partial charge in [0, 0.05) is 18.7 Å². The summed E-state index contributed by atoms with van der Waals surface area (Å²) in [4.78, 5) is 25.1. The molecular formula is C20H24F3NO4. The molecule has 0 aliphatic rings. The number of carbonyl (C=O) groups is 1. The second-order valence-corrected chi connectivity index (χ2v) is 5.89. The zero-order valence-electron chi connectivity index (χ0n) is 16.6. The molecule has 0 fully saturated rings. The van der Waals surface area contributed by atoms with Gasteiger partial charge in [-0.3, -0.25) is 4.79 Å². The number of rotatable bonds is 6. The van der Waals surface area contributed by atoms with Crippen molar-refractivity contribution < 1.29 is 32.5 Å². The van der Waals surface area contributed by atoms with Crippen molar-refractivity contribution in [1.82, 2.24) is 4.98 Å². The monoisotopic (exact) mass is 399 g/mol. The number of alkyl halides is 2. The second kappa shape index (κ2) is 11.4. The van der Waals surface area contributed by atoms with Crippen LogP contribution in [0.3, 0.4) is 0 Å². The standard InChI is InChI=1S/C19H22FNO4.CH2F2/c1-6-23-24-10-17-18(25-14(5)22)16(9-21-19(17)20)15-8-12(3)11(2)7-13(15)4;2-1-3/h7-9H,6,10H2,1-5H3;1H2. The Hall–Kier alpha value is -2.45. The summed E-state index contributed by atoms with van der Waals surface area (Å²) in [5.41, 5.74) is 4.59. The van der Waals surface area contributed by atoms with Crippen LogP contribution < -0.4 is 4.74 Å². The van der Waals surface area contributed by atoms with E-state index in [0.717, 1.165) is 22.3 Å². The Kier molecular flexibility index (Phi) is 9.61. The first-order chi connectivity index (χ1) is 13.3. The normalized spacial score (nSPS) is 10.3. The van der Waals surface area contributed by atoms with Crippen LogP contribution in [-0.2, 0) is 21.2 Å². The minimum Gasteiger partial charge on any atom is -0.425 e. The Morgan fingerprint density at radius 3 is 2.21 bits per heavy atom. The molecule has 2 aromatic rings. The van der Waals surface area contributed by atoms with Crippen molar-refractivity contribution in [2.24, 2.45) is 0 Å². The van der Waals surface area contributed by atoms with E-state index in [1.807, 2.05) is 32.9 Å². The van der Waals surface area contributed by atoms with Crippen molar-refractivity contribution in [2.75, 3.05) is 13.5 Å². The van der Waals surface area contributed by atoms with E-state index >= 15 is 0 Å². The number of hydrogen-bond acceptors (Lipinski definition) is 5. The Morgan fingerprint density at radius 1 is 1.04 bits per heavy atom. The average molecular weight is 399 g/mol. The quantitative estimate of drug-likeness (QED) is 0.223. The van der Waals surface area contributed by atoms with Gasteiger partial charge >= 0.3 is 5.97 Å². The molecule has 1 aromatic heterocycles. The van der Waals surface area contributed by atoms with E-state index in [9.17, 15) is 18.0 Å². The molecule has 0 aliphatic heterocycles. The van der Waals surface area contributed by atoms with Crippen LogP contribution in [-0.4, -0.2) is 24.5 Å². The predicted molar refractivity (Wildman–Crippen MR) is 98.6 cm³/mol. The fourth-order valence-electron chi connectivity index (χ4n) is 2.53. The summed E-state index contributed by atoms with van der Waals surface area (Å²) >= 11 is 0. The van der Waals surface area contributed by atoms with Crippen LogP contribution >= 0.6 is 0 Å². The second-order valence-electron chi connectivity index (χ2n) is 5.89. The van der Waals surface area contributed by atoms with Gasteiger partial charge in [0.1, 0.15) is 12.4 Å². The maximum atomic E-state index is 14.2. The number of nitrogens with zero attached hydrogens (tertiary/aromatic N) is 1. The summed E-state index contributed by atoms with van der Waals surface area (Å²) in [5, 5.41) is 0. The largest absolute Gasteiger partial charge is 0.425 e. The molecule has 154 valence electrons. The van der Waals surface area contributed by atoms with Crippen LogP contribution in [0, 0.1) is 26.7 Å². The fraction of sp³-hybridized carbons (Fsp3) is 0.400. The zero-order valence-corrected chi connectivity index (χ0v) is 16.6. The molecule has 0 saturated carbocycles. The molecule has 0 bridgehead atoms. The van der Waals surface area contributed by atoms with Crippen LogP contribution in [0.15, 0.2) is 18.3 Å². The Balaban J connectivity index is 0.00000122. The molecule has 0 aliphatic carbocycles. The van der Waals surface area contributed by atoms with Crippen molar-refractivity contribution in [3.63, 3.8) is 0 Å². The van der Waals surface area contributed by atoms with E-state index in [1.165, 1.54) is 13.1 Å². The molecule has 0 atom stereocenters. The molecule has 0 spiro atoms. The Morgan fingerprint density at radius 2 is 1.64 bits per heavy atom. The van der Waals surface area contributed by atoms with E-state index in [-0.39, 0.29) is 17.9 Å². The number of hydrogen-bond donors (Lipinski definition) is 0. The van der Waals surface area contributed by atoms with Gasteiger partial charge < -0.3 is 4.74 Å². The first-order valence-corrected chi connectivity index (χ1v) is 8.57. The van der Waals surface area contributed by atoms with Crippen molar-refractivity contribution in [1.29, 1.82) is 0 Å². The van der Waals surface area contributed by atoms with Gasteiger partial charge in [-0.25, -0.2) is 23.5 Å². The number of pyridine rings is 1.